The number of ether oxygens (including phenoxy) is 2. The molecular formula is C16H20N2O4S2. The van der Waals surface area contributed by atoms with Crippen LogP contribution in [0, 0.1) is 0 Å². The number of carbonyl (C=O) groups is 2. The van der Waals surface area contributed by atoms with E-state index in [-0.39, 0.29) is 12.4 Å². The second-order valence-electron chi connectivity index (χ2n) is 5.00. The van der Waals surface area contributed by atoms with Crippen LogP contribution in [0.15, 0.2) is 24.3 Å². The van der Waals surface area contributed by atoms with Gasteiger partial charge in [-0.2, -0.15) is 0 Å². The summed E-state index contributed by atoms with van der Waals surface area (Å²) in [6, 6.07) is 7.09. The highest BCUT2D eigenvalue weighted by Gasteiger charge is 2.28. The second-order valence-corrected chi connectivity index (χ2v) is 6.61. The average Bonchev–Trinajstić information content (AvgIpc) is 2.60. The molecule has 24 heavy (non-hydrogen) atoms. The number of nitrogens with one attached hydrogen (secondary N) is 1. The number of benzene rings is 1. The largest absolute Gasteiger partial charge is 0.485 e. The van der Waals surface area contributed by atoms with Crippen molar-refractivity contribution in [3.63, 3.8) is 0 Å². The smallest absolute Gasteiger partial charge is 0.271 e. The maximum Gasteiger partial charge on any atom is 0.271 e. The van der Waals surface area contributed by atoms with Gasteiger partial charge in [0.15, 0.2) is 11.5 Å². The number of imide groups is 1. The van der Waals surface area contributed by atoms with Gasteiger partial charge in [0.1, 0.15) is 10.9 Å². The quantitative estimate of drug-likeness (QED) is 0.795. The van der Waals surface area contributed by atoms with Gasteiger partial charge in [-0.25, -0.2) is 0 Å². The summed E-state index contributed by atoms with van der Waals surface area (Å²) in [6.45, 7) is 5.64. The van der Waals surface area contributed by atoms with Crippen molar-refractivity contribution in [1.82, 2.24) is 10.2 Å². The van der Waals surface area contributed by atoms with E-state index in [4.69, 9.17) is 21.7 Å². The van der Waals surface area contributed by atoms with Crippen LogP contribution in [0.5, 0.6) is 11.5 Å². The third-order valence-corrected chi connectivity index (χ3v) is 4.94. The van der Waals surface area contributed by atoms with Crippen LogP contribution in [0.3, 0.4) is 0 Å². The van der Waals surface area contributed by atoms with Gasteiger partial charge in [0, 0.05) is 13.1 Å². The average molecular weight is 368 g/mol. The number of hydrogen-bond acceptors (Lipinski definition) is 6. The molecule has 2 amide bonds. The molecule has 0 saturated carbocycles. The zero-order chi connectivity index (χ0) is 17.5. The fourth-order valence-electron chi connectivity index (χ4n) is 2.10. The fourth-order valence-corrected chi connectivity index (χ4v) is 3.31. The molecule has 1 N–H and O–H groups in total. The zero-order valence-corrected chi connectivity index (χ0v) is 15.2. The first-order valence-electron chi connectivity index (χ1n) is 7.69. The van der Waals surface area contributed by atoms with Crippen LogP contribution in [-0.2, 0) is 9.59 Å². The van der Waals surface area contributed by atoms with Crippen molar-refractivity contribution in [2.45, 2.75) is 20.0 Å². The summed E-state index contributed by atoms with van der Waals surface area (Å²) in [5, 5.41) is 2.33. The predicted molar refractivity (Wildman–Crippen MR) is 97.5 cm³/mol. The molecule has 0 bridgehead atoms. The van der Waals surface area contributed by atoms with E-state index in [9.17, 15) is 9.59 Å². The van der Waals surface area contributed by atoms with Crippen molar-refractivity contribution in [1.29, 1.82) is 0 Å². The Kier molecular flexibility index (Phi) is 6.86. The van der Waals surface area contributed by atoms with Crippen LogP contribution in [0.1, 0.15) is 13.8 Å². The van der Waals surface area contributed by atoms with E-state index >= 15 is 0 Å². The first-order chi connectivity index (χ1) is 11.5. The molecule has 0 unspecified atom stereocenters. The number of thioether (sulfide) groups is 1. The molecule has 130 valence electrons. The summed E-state index contributed by atoms with van der Waals surface area (Å²) >= 11 is 6.49. The molecule has 2 rings (SSSR count). The first kappa shape index (κ1) is 18.5. The number of fused-ring (bicyclic) bond motifs is 1. The van der Waals surface area contributed by atoms with Gasteiger partial charge in [0.05, 0.1) is 5.75 Å². The van der Waals surface area contributed by atoms with Crippen LogP contribution in [0.4, 0.5) is 0 Å². The van der Waals surface area contributed by atoms with Crippen molar-refractivity contribution in [3.05, 3.63) is 24.3 Å². The van der Waals surface area contributed by atoms with Crippen LogP contribution in [0.25, 0.3) is 0 Å². The van der Waals surface area contributed by atoms with Gasteiger partial charge in [0.2, 0.25) is 12.0 Å². The number of nitrogens with zero attached hydrogens (tertiary/aromatic N) is 1. The monoisotopic (exact) mass is 368 g/mol. The second kappa shape index (κ2) is 8.89. The van der Waals surface area contributed by atoms with Crippen LogP contribution >= 0.6 is 24.0 Å². The van der Waals surface area contributed by atoms with Crippen LogP contribution in [-0.4, -0.2) is 52.6 Å². The van der Waals surface area contributed by atoms with Gasteiger partial charge < -0.3 is 14.4 Å². The molecule has 0 saturated heterocycles. The van der Waals surface area contributed by atoms with Crippen LogP contribution < -0.4 is 14.8 Å². The number of para-hydroxylation sites is 2. The van der Waals surface area contributed by atoms with Gasteiger partial charge in [-0.1, -0.05) is 36.1 Å². The van der Waals surface area contributed by atoms with Crippen molar-refractivity contribution in [3.8, 4) is 11.5 Å². The SMILES string of the molecule is CCN(CC)C(=S)SCC(=O)NC(=O)[C@H]1COc2ccccc2O1. The van der Waals surface area contributed by atoms with Gasteiger partial charge in [-0.3, -0.25) is 14.9 Å². The third-order valence-electron chi connectivity index (χ3n) is 3.41. The lowest BCUT2D eigenvalue weighted by molar-refractivity contribution is -0.135. The number of thiocarbonyl (C=S) groups is 1. The normalized spacial score (nSPS) is 15.5. The Balaban J connectivity index is 1.80. The summed E-state index contributed by atoms with van der Waals surface area (Å²) in [4.78, 5) is 26.0. The minimum atomic E-state index is -0.844. The van der Waals surface area contributed by atoms with E-state index in [0.29, 0.717) is 15.8 Å². The molecule has 1 aromatic carbocycles. The molecule has 1 aromatic rings. The van der Waals surface area contributed by atoms with Crippen molar-refractivity contribution in [2.24, 2.45) is 0 Å². The molecule has 0 fully saturated rings. The number of hydrogen-bond donors (Lipinski definition) is 1. The van der Waals surface area contributed by atoms with Crippen molar-refractivity contribution < 1.29 is 19.1 Å². The lowest BCUT2D eigenvalue weighted by atomic mass is 10.2. The Bertz CT molecular complexity index is 620. The maximum absolute atomic E-state index is 12.1. The van der Waals surface area contributed by atoms with Gasteiger partial charge in [-0.05, 0) is 26.0 Å². The summed E-state index contributed by atoms with van der Waals surface area (Å²) in [7, 11) is 0. The Hall–Kier alpha value is -1.80. The molecule has 1 heterocycles. The number of rotatable bonds is 5. The molecule has 0 aliphatic carbocycles. The molecule has 8 heteroatoms. The standard InChI is InChI=1S/C16H20N2O4S2/c1-3-18(4-2)16(23)24-10-14(19)17-15(20)13-9-21-11-7-5-6-8-12(11)22-13/h5-8,13H,3-4,9-10H2,1-2H3,(H,17,19,20)/t13-/m1/s1. The Morgan fingerprint density at radius 3 is 2.62 bits per heavy atom. The summed E-state index contributed by atoms with van der Waals surface area (Å²) in [5.74, 6) is 0.262. The van der Waals surface area contributed by atoms with Crippen LogP contribution in [0.2, 0.25) is 0 Å². The lowest BCUT2D eigenvalue weighted by Gasteiger charge is -2.25. The Morgan fingerprint density at radius 2 is 1.96 bits per heavy atom. The van der Waals surface area contributed by atoms with E-state index in [2.05, 4.69) is 5.32 Å². The van der Waals surface area contributed by atoms with Crippen molar-refractivity contribution in [2.75, 3.05) is 25.4 Å². The Morgan fingerprint density at radius 1 is 1.29 bits per heavy atom. The highest BCUT2D eigenvalue weighted by molar-refractivity contribution is 8.23. The Labute approximate surface area is 150 Å². The third kappa shape index (κ3) is 4.85. The highest BCUT2D eigenvalue weighted by atomic mass is 32.2. The first-order valence-corrected chi connectivity index (χ1v) is 9.08. The molecule has 1 atom stereocenters. The lowest BCUT2D eigenvalue weighted by Crippen LogP contribution is -2.46. The molecule has 0 radical (unpaired) electrons. The minimum Gasteiger partial charge on any atom is -0.485 e. The summed E-state index contributed by atoms with van der Waals surface area (Å²) in [5.41, 5.74) is 0. The molecule has 1 aliphatic rings. The maximum atomic E-state index is 12.1. The fraction of sp³-hybridized carbons (Fsp3) is 0.438. The molecule has 0 spiro atoms. The summed E-state index contributed by atoms with van der Waals surface area (Å²) < 4.78 is 11.7. The van der Waals surface area contributed by atoms with Gasteiger partial charge in [0.25, 0.3) is 5.91 Å². The van der Waals surface area contributed by atoms with Gasteiger partial charge in [-0.15, -0.1) is 0 Å². The molecule has 0 aromatic heterocycles. The molecule has 1 aliphatic heterocycles. The van der Waals surface area contributed by atoms with E-state index in [1.165, 1.54) is 11.8 Å². The molecular weight excluding hydrogens is 348 g/mol. The summed E-state index contributed by atoms with van der Waals surface area (Å²) in [6.07, 6.45) is -0.844. The molecule has 6 nitrogen and oxygen atoms in total. The van der Waals surface area contributed by atoms with E-state index in [1.54, 1.807) is 18.2 Å². The van der Waals surface area contributed by atoms with Gasteiger partial charge >= 0.3 is 0 Å². The minimum absolute atomic E-state index is 0.0706. The van der Waals surface area contributed by atoms with Crippen molar-refractivity contribution >= 4 is 40.1 Å². The number of carbonyl (C=O) groups excluding carboxylic acids is 2. The van der Waals surface area contributed by atoms with E-state index in [0.717, 1.165) is 13.1 Å². The predicted octanol–water partition coefficient (Wildman–Crippen LogP) is 1.83. The number of amides is 2. The zero-order valence-electron chi connectivity index (χ0n) is 13.6. The van der Waals surface area contributed by atoms with E-state index in [1.807, 2.05) is 24.8 Å². The highest BCUT2D eigenvalue weighted by Crippen LogP contribution is 2.30. The topological polar surface area (TPSA) is 67.9 Å². The van der Waals surface area contributed by atoms with E-state index < -0.39 is 17.9 Å².